The van der Waals surface area contributed by atoms with E-state index in [2.05, 4.69) is 10.9 Å². The van der Waals surface area contributed by atoms with Gasteiger partial charge in [-0.2, -0.15) is 0 Å². The molecule has 20 heavy (non-hydrogen) atoms. The third kappa shape index (κ3) is 2.97. The second-order valence-electron chi connectivity index (χ2n) is 4.79. The Balaban J connectivity index is 2.39. The van der Waals surface area contributed by atoms with Gasteiger partial charge in [-0.15, -0.1) is 0 Å². The van der Waals surface area contributed by atoms with E-state index >= 15 is 0 Å². The van der Waals surface area contributed by atoms with Gasteiger partial charge in [0.2, 0.25) is 5.91 Å². The molecule has 0 saturated heterocycles. The van der Waals surface area contributed by atoms with Crippen LogP contribution in [0.1, 0.15) is 25.0 Å². The van der Waals surface area contributed by atoms with Crippen LogP contribution in [0, 0.1) is 0 Å². The first-order valence-corrected chi connectivity index (χ1v) is 6.42. The number of hydrogen-bond donors (Lipinski definition) is 3. The molecule has 1 amide bonds. The molecule has 1 unspecified atom stereocenters. The summed E-state index contributed by atoms with van der Waals surface area (Å²) in [6.45, 7) is 3.15. The van der Waals surface area contributed by atoms with Crippen LogP contribution in [-0.2, 0) is 10.4 Å². The second kappa shape index (κ2) is 5.75. The quantitative estimate of drug-likeness (QED) is 0.748. The molecule has 0 saturated carbocycles. The second-order valence-corrected chi connectivity index (χ2v) is 4.79. The fourth-order valence-corrected chi connectivity index (χ4v) is 2.09. The van der Waals surface area contributed by atoms with Crippen molar-refractivity contribution in [1.29, 1.82) is 0 Å². The molecule has 2 aromatic carbocycles. The first-order chi connectivity index (χ1) is 9.51. The SMILES string of the molecule is CC(=O)NNc1ccccc1C(C)(O)c1ccccc1. The maximum Gasteiger partial charge on any atom is 0.235 e. The number of para-hydroxylation sites is 1. The van der Waals surface area contributed by atoms with E-state index < -0.39 is 5.60 Å². The van der Waals surface area contributed by atoms with E-state index in [0.29, 0.717) is 11.3 Å². The van der Waals surface area contributed by atoms with E-state index in [4.69, 9.17) is 0 Å². The van der Waals surface area contributed by atoms with E-state index in [-0.39, 0.29) is 5.91 Å². The number of rotatable bonds is 4. The topological polar surface area (TPSA) is 61.4 Å². The molecule has 0 spiro atoms. The normalized spacial score (nSPS) is 13.3. The van der Waals surface area contributed by atoms with Crippen molar-refractivity contribution in [3.8, 4) is 0 Å². The van der Waals surface area contributed by atoms with E-state index in [1.165, 1.54) is 6.92 Å². The van der Waals surface area contributed by atoms with Crippen molar-refractivity contribution < 1.29 is 9.90 Å². The van der Waals surface area contributed by atoms with E-state index in [9.17, 15) is 9.90 Å². The van der Waals surface area contributed by atoms with Crippen LogP contribution >= 0.6 is 0 Å². The minimum Gasteiger partial charge on any atom is -0.381 e. The molecule has 2 rings (SSSR count). The van der Waals surface area contributed by atoms with Gasteiger partial charge in [0.1, 0.15) is 5.60 Å². The Morgan fingerprint density at radius 1 is 1.05 bits per heavy atom. The molecule has 0 radical (unpaired) electrons. The first kappa shape index (κ1) is 14.1. The van der Waals surface area contributed by atoms with Gasteiger partial charge in [0.25, 0.3) is 0 Å². The van der Waals surface area contributed by atoms with Crippen molar-refractivity contribution in [2.45, 2.75) is 19.4 Å². The van der Waals surface area contributed by atoms with Crippen LogP contribution in [0.2, 0.25) is 0 Å². The van der Waals surface area contributed by atoms with Crippen molar-refractivity contribution in [3.05, 3.63) is 65.7 Å². The highest BCUT2D eigenvalue weighted by Gasteiger charge is 2.27. The first-order valence-electron chi connectivity index (χ1n) is 6.42. The summed E-state index contributed by atoms with van der Waals surface area (Å²) in [5.74, 6) is -0.195. The van der Waals surface area contributed by atoms with Gasteiger partial charge in [-0.1, -0.05) is 48.5 Å². The van der Waals surface area contributed by atoms with Gasteiger partial charge in [-0.25, -0.2) is 0 Å². The Morgan fingerprint density at radius 3 is 2.30 bits per heavy atom. The number of hydrazine groups is 1. The number of carbonyl (C=O) groups excluding carboxylic acids is 1. The zero-order valence-corrected chi connectivity index (χ0v) is 11.6. The summed E-state index contributed by atoms with van der Waals surface area (Å²) >= 11 is 0. The number of carbonyl (C=O) groups is 1. The number of amides is 1. The highest BCUT2D eigenvalue weighted by molar-refractivity contribution is 5.75. The van der Waals surface area contributed by atoms with Gasteiger partial charge in [0, 0.05) is 12.5 Å². The summed E-state index contributed by atoms with van der Waals surface area (Å²) in [6.07, 6.45) is 0. The minimum atomic E-state index is -1.15. The van der Waals surface area contributed by atoms with Crippen LogP contribution in [0.3, 0.4) is 0 Å². The molecule has 0 aliphatic carbocycles. The molecule has 1 atom stereocenters. The Labute approximate surface area is 118 Å². The molecule has 0 bridgehead atoms. The third-order valence-electron chi connectivity index (χ3n) is 3.16. The van der Waals surface area contributed by atoms with E-state index in [0.717, 1.165) is 5.56 Å². The molecule has 0 aliphatic rings. The maximum atomic E-state index is 11.0. The van der Waals surface area contributed by atoms with Gasteiger partial charge in [0.05, 0.1) is 5.69 Å². The lowest BCUT2D eigenvalue weighted by molar-refractivity contribution is -0.118. The Hall–Kier alpha value is -2.33. The standard InChI is InChI=1S/C16H18N2O2/c1-12(19)17-18-15-11-7-6-10-14(15)16(2,20)13-8-4-3-5-9-13/h3-11,18,20H,1-2H3,(H,17,19). The monoisotopic (exact) mass is 270 g/mol. The summed E-state index contributed by atoms with van der Waals surface area (Å²) in [5, 5.41) is 10.9. The highest BCUT2D eigenvalue weighted by Crippen LogP contribution is 2.33. The zero-order chi connectivity index (χ0) is 14.6. The van der Waals surface area contributed by atoms with Gasteiger partial charge in [-0.3, -0.25) is 15.6 Å². The van der Waals surface area contributed by atoms with Crippen molar-refractivity contribution in [2.75, 3.05) is 5.43 Å². The number of hydrogen-bond acceptors (Lipinski definition) is 3. The predicted octanol–water partition coefficient (Wildman–Crippen LogP) is 2.41. The third-order valence-corrected chi connectivity index (χ3v) is 3.16. The summed E-state index contributed by atoms with van der Waals surface area (Å²) in [5.41, 5.74) is 6.35. The van der Waals surface area contributed by atoms with Crippen LogP contribution < -0.4 is 10.9 Å². The number of anilines is 1. The minimum absolute atomic E-state index is 0.195. The molecule has 0 heterocycles. The molecule has 4 nitrogen and oxygen atoms in total. The van der Waals surface area contributed by atoms with Crippen LogP contribution in [-0.4, -0.2) is 11.0 Å². The fourth-order valence-electron chi connectivity index (χ4n) is 2.09. The molecule has 0 aliphatic heterocycles. The number of aliphatic hydroxyl groups is 1. The van der Waals surface area contributed by atoms with Crippen LogP contribution in [0.4, 0.5) is 5.69 Å². The Kier molecular flexibility index (Phi) is 4.05. The lowest BCUT2D eigenvalue weighted by Gasteiger charge is -2.27. The van der Waals surface area contributed by atoms with Gasteiger partial charge in [-0.05, 0) is 18.6 Å². The van der Waals surface area contributed by atoms with Crippen LogP contribution in [0.25, 0.3) is 0 Å². The Bertz CT molecular complexity index is 594. The van der Waals surface area contributed by atoms with Crippen molar-refractivity contribution in [2.24, 2.45) is 0 Å². The Morgan fingerprint density at radius 2 is 1.65 bits per heavy atom. The summed E-state index contributed by atoms with van der Waals surface area (Å²) in [7, 11) is 0. The van der Waals surface area contributed by atoms with E-state index in [1.807, 2.05) is 54.6 Å². The average molecular weight is 270 g/mol. The van der Waals surface area contributed by atoms with Gasteiger partial charge in [0.15, 0.2) is 0 Å². The predicted molar refractivity (Wildman–Crippen MR) is 79.0 cm³/mol. The fraction of sp³-hybridized carbons (Fsp3) is 0.188. The van der Waals surface area contributed by atoms with Gasteiger partial charge >= 0.3 is 0 Å². The molecule has 0 aromatic heterocycles. The maximum absolute atomic E-state index is 11.0. The molecule has 3 N–H and O–H groups in total. The van der Waals surface area contributed by atoms with Crippen LogP contribution in [0.15, 0.2) is 54.6 Å². The lowest BCUT2D eigenvalue weighted by atomic mass is 9.87. The molecule has 4 heteroatoms. The lowest BCUT2D eigenvalue weighted by Crippen LogP contribution is -2.30. The largest absolute Gasteiger partial charge is 0.381 e. The average Bonchev–Trinajstić information content (AvgIpc) is 2.46. The molecule has 2 aromatic rings. The molecule has 104 valence electrons. The zero-order valence-electron chi connectivity index (χ0n) is 11.6. The van der Waals surface area contributed by atoms with E-state index in [1.54, 1.807) is 6.92 Å². The number of nitrogens with one attached hydrogen (secondary N) is 2. The highest BCUT2D eigenvalue weighted by atomic mass is 16.3. The molecular formula is C16H18N2O2. The summed E-state index contributed by atoms with van der Waals surface area (Å²) in [6, 6.07) is 16.7. The van der Waals surface area contributed by atoms with Crippen molar-refractivity contribution >= 4 is 11.6 Å². The summed E-state index contributed by atoms with van der Waals surface area (Å²) < 4.78 is 0. The number of benzene rings is 2. The van der Waals surface area contributed by atoms with Gasteiger partial charge < -0.3 is 5.11 Å². The summed E-state index contributed by atoms with van der Waals surface area (Å²) in [4.78, 5) is 11.0. The van der Waals surface area contributed by atoms with Crippen molar-refractivity contribution in [3.63, 3.8) is 0 Å². The van der Waals surface area contributed by atoms with Crippen LogP contribution in [0.5, 0.6) is 0 Å². The molecule has 0 fully saturated rings. The molecular weight excluding hydrogens is 252 g/mol. The smallest absolute Gasteiger partial charge is 0.235 e. The van der Waals surface area contributed by atoms with Crippen molar-refractivity contribution in [1.82, 2.24) is 5.43 Å².